The first-order chi connectivity index (χ1) is 9.18. The number of aliphatic hydroxyl groups is 1. The van der Waals surface area contributed by atoms with E-state index in [4.69, 9.17) is 0 Å². The van der Waals surface area contributed by atoms with E-state index in [2.05, 4.69) is 5.32 Å². The van der Waals surface area contributed by atoms with E-state index in [0.29, 0.717) is 0 Å². The van der Waals surface area contributed by atoms with Crippen LogP contribution in [-0.4, -0.2) is 17.0 Å². The van der Waals surface area contributed by atoms with Crippen molar-refractivity contribution in [2.75, 3.05) is 5.32 Å². The van der Waals surface area contributed by atoms with Gasteiger partial charge >= 0.3 is 0 Å². The second-order valence-corrected chi connectivity index (χ2v) is 4.45. The average molecular weight is 255 g/mol. The summed E-state index contributed by atoms with van der Waals surface area (Å²) < 4.78 is 0. The molecule has 3 heteroatoms. The molecule has 0 unspecified atom stereocenters. The standard InChI is InChI=1S/C16H17NO2/c1-12(18)16(19)15(13-8-4-2-5-9-13)17-14-10-6-3-7-11-14/h2-11,15-17,19H,1H3/t15-,16+/m1/s1. The van der Waals surface area contributed by atoms with Gasteiger partial charge in [0.1, 0.15) is 6.10 Å². The lowest BCUT2D eigenvalue weighted by Crippen LogP contribution is -2.31. The maximum absolute atomic E-state index is 11.5. The molecule has 0 saturated heterocycles. The highest BCUT2D eigenvalue weighted by Gasteiger charge is 2.24. The summed E-state index contributed by atoms with van der Waals surface area (Å²) >= 11 is 0. The molecule has 2 aromatic carbocycles. The molecule has 0 aromatic heterocycles. The van der Waals surface area contributed by atoms with Crippen LogP contribution in [0.3, 0.4) is 0 Å². The van der Waals surface area contributed by atoms with E-state index in [0.717, 1.165) is 11.3 Å². The minimum atomic E-state index is -1.07. The van der Waals surface area contributed by atoms with E-state index >= 15 is 0 Å². The van der Waals surface area contributed by atoms with E-state index in [9.17, 15) is 9.90 Å². The Morgan fingerprint density at radius 2 is 1.53 bits per heavy atom. The van der Waals surface area contributed by atoms with Gasteiger partial charge in [0, 0.05) is 5.69 Å². The first-order valence-electron chi connectivity index (χ1n) is 6.23. The van der Waals surface area contributed by atoms with Crippen molar-refractivity contribution in [3.8, 4) is 0 Å². The Kier molecular flexibility index (Phi) is 4.31. The zero-order valence-electron chi connectivity index (χ0n) is 10.8. The molecule has 98 valence electrons. The predicted molar refractivity (Wildman–Crippen MR) is 75.9 cm³/mol. The summed E-state index contributed by atoms with van der Waals surface area (Å²) in [5.74, 6) is -0.253. The van der Waals surface area contributed by atoms with Gasteiger partial charge in [-0.1, -0.05) is 48.5 Å². The van der Waals surface area contributed by atoms with E-state index in [-0.39, 0.29) is 5.78 Å². The van der Waals surface area contributed by atoms with Gasteiger partial charge in [0.15, 0.2) is 5.78 Å². The topological polar surface area (TPSA) is 49.3 Å². The lowest BCUT2D eigenvalue weighted by Gasteiger charge is -2.24. The summed E-state index contributed by atoms with van der Waals surface area (Å²) in [7, 11) is 0. The van der Waals surface area contributed by atoms with Crippen molar-refractivity contribution >= 4 is 11.5 Å². The van der Waals surface area contributed by atoms with Crippen molar-refractivity contribution in [3.63, 3.8) is 0 Å². The number of rotatable bonds is 5. The van der Waals surface area contributed by atoms with Gasteiger partial charge in [-0.25, -0.2) is 0 Å². The number of carbonyl (C=O) groups excluding carboxylic acids is 1. The van der Waals surface area contributed by atoms with E-state index in [1.165, 1.54) is 6.92 Å². The molecule has 0 saturated carbocycles. The van der Waals surface area contributed by atoms with Gasteiger partial charge < -0.3 is 10.4 Å². The average Bonchev–Trinajstić information content (AvgIpc) is 2.46. The highest BCUT2D eigenvalue weighted by atomic mass is 16.3. The van der Waals surface area contributed by atoms with Crippen LogP contribution in [0.5, 0.6) is 0 Å². The summed E-state index contributed by atoms with van der Waals surface area (Å²) in [6, 6.07) is 18.6. The molecule has 0 radical (unpaired) electrons. The van der Waals surface area contributed by atoms with Gasteiger partial charge in [0.2, 0.25) is 0 Å². The van der Waals surface area contributed by atoms with Crippen molar-refractivity contribution in [1.82, 2.24) is 0 Å². The summed E-state index contributed by atoms with van der Waals surface area (Å²) in [5.41, 5.74) is 1.76. The van der Waals surface area contributed by atoms with Gasteiger partial charge in [0.05, 0.1) is 6.04 Å². The number of anilines is 1. The Morgan fingerprint density at radius 3 is 2.05 bits per heavy atom. The van der Waals surface area contributed by atoms with Crippen molar-refractivity contribution in [3.05, 3.63) is 66.2 Å². The first-order valence-corrected chi connectivity index (χ1v) is 6.23. The van der Waals surface area contributed by atoms with Crippen LogP contribution < -0.4 is 5.32 Å². The zero-order valence-corrected chi connectivity index (χ0v) is 10.8. The summed E-state index contributed by atoms with van der Waals surface area (Å²) in [6.45, 7) is 1.40. The van der Waals surface area contributed by atoms with Crippen molar-refractivity contribution < 1.29 is 9.90 Å². The number of para-hydroxylation sites is 1. The van der Waals surface area contributed by atoms with Crippen LogP contribution in [0.2, 0.25) is 0 Å². The highest BCUT2D eigenvalue weighted by molar-refractivity contribution is 5.81. The van der Waals surface area contributed by atoms with Crippen LogP contribution in [0, 0.1) is 0 Å². The van der Waals surface area contributed by atoms with E-state index in [1.54, 1.807) is 0 Å². The lowest BCUT2D eigenvalue weighted by atomic mass is 9.98. The maximum atomic E-state index is 11.5. The van der Waals surface area contributed by atoms with E-state index in [1.807, 2.05) is 60.7 Å². The molecule has 0 aliphatic carbocycles. The minimum absolute atomic E-state index is 0.253. The summed E-state index contributed by atoms with van der Waals surface area (Å²) in [4.78, 5) is 11.5. The molecule has 0 spiro atoms. The zero-order chi connectivity index (χ0) is 13.7. The lowest BCUT2D eigenvalue weighted by molar-refractivity contribution is -0.125. The third kappa shape index (κ3) is 3.42. The summed E-state index contributed by atoms with van der Waals surface area (Å²) in [6.07, 6.45) is -1.07. The number of nitrogens with one attached hydrogen (secondary N) is 1. The first kappa shape index (κ1) is 13.3. The Morgan fingerprint density at radius 1 is 1.00 bits per heavy atom. The van der Waals surface area contributed by atoms with Crippen LogP contribution >= 0.6 is 0 Å². The van der Waals surface area contributed by atoms with Gasteiger partial charge in [-0.2, -0.15) is 0 Å². The molecule has 0 aliphatic heterocycles. The summed E-state index contributed by atoms with van der Waals surface area (Å²) in [5, 5.41) is 13.3. The molecular weight excluding hydrogens is 238 g/mol. The van der Waals surface area contributed by atoms with Crippen LogP contribution in [0.1, 0.15) is 18.5 Å². The van der Waals surface area contributed by atoms with Gasteiger partial charge in [-0.15, -0.1) is 0 Å². The SMILES string of the molecule is CC(=O)[C@H](O)[C@H](Nc1ccccc1)c1ccccc1. The third-order valence-corrected chi connectivity index (χ3v) is 2.99. The van der Waals surface area contributed by atoms with Gasteiger partial charge in [-0.05, 0) is 24.6 Å². The molecule has 2 rings (SSSR count). The van der Waals surface area contributed by atoms with Crippen molar-refractivity contribution in [1.29, 1.82) is 0 Å². The number of Topliss-reactive ketones (excluding diaryl/α,β-unsaturated/α-hetero) is 1. The van der Waals surface area contributed by atoms with E-state index < -0.39 is 12.1 Å². The molecule has 2 aromatic rings. The predicted octanol–water partition coefficient (Wildman–Crippen LogP) is 2.79. The van der Waals surface area contributed by atoms with Crippen LogP contribution in [0.25, 0.3) is 0 Å². The number of benzene rings is 2. The number of carbonyl (C=O) groups is 1. The van der Waals surface area contributed by atoms with Crippen molar-refractivity contribution in [2.24, 2.45) is 0 Å². The fourth-order valence-electron chi connectivity index (χ4n) is 1.95. The minimum Gasteiger partial charge on any atom is -0.383 e. The largest absolute Gasteiger partial charge is 0.383 e. The Bertz CT molecular complexity index is 525. The molecule has 0 amide bonds. The Labute approximate surface area is 112 Å². The quantitative estimate of drug-likeness (QED) is 0.863. The molecule has 19 heavy (non-hydrogen) atoms. The molecule has 0 bridgehead atoms. The van der Waals surface area contributed by atoms with Crippen LogP contribution in [0.15, 0.2) is 60.7 Å². The second kappa shape index (κ2) is 6.16. The normalized spacial score (nSPS) is 13.6. The molecule has 0 aliphatic rings. The Hall–Kier alpha value is -2.13. The number of ketones is 1. The maximum Gasteiger partial charge on any atom is 0.160 e. The Balaban J connectivity index is 2.27. The van der Waals surface area contributed by atoms with Crippen molar-refractivity contribution in [2.45, 2.75) is 19.1 Å². The highest BCUT2D eigenvalue weighted by Crippen LogP contribution is 2.23. The van der Waals surface area contributed by atoms with Gasteiger partial charge in [0.25, 0.3) is 0 Å². The van der Waals surface area contributed by atoms with Crippen LogP contribution in [-0.2, 0) is 4.79 Å². The fraction of sp³-hybridized carbons (Fsp3) is 0.188. The molecule has 0 fully saturated rings. The molecular formula is C16H17NO2. The molecule has 2 atom stereocenters. The number of hydrogen-bond acceptors (Lipinski definition) is 3. The molecule has 2 N–H and O–H groups in total. The second-order valence-electron chi connectivity index (χ2n) is 4.45. The third-order valence-electron chi connectivity index (χ3n) is 2.99. The molecule has 3 nitrogen and oxygen atoms in total. The number of hydrogen-bond donors (Lipinski definition) is 2. The smallest absolute Gasteiger partial charge is 0.160 e. The molecule has 0 heterocycles. The monoisotopic (exact) mass is 255 g/mol. The van der Waals surface area contributed by atoms with Gasteiger partial charge in [-0.3, -0.25) is 4.79 Å². The number of aliphatic hydroxyl groups excluding tert-OH is 1. The van der Waals surface area contributed by atoms with Crippen LogP contribution in [0.4, 0.5) is 5.69 Å². The fourth-order valence-corrected chi connectivity index (χ4v) is 1.95.